The summed E-state index contributed by atoms with van der Waals surface area (Å²) in [5.41, 5.74) is 0.636. The summed E-state index contributed by atoms with van der Waals surface area (Å²) in [5, 5.41) is 0. The van der Waals surface area contributed by atoms with Crippen molar-refractivity contribution in [1.29, 1.82) is 0 Å². The van der Waals surface area contributed by atoms with Gasteiger partial charge in [0, 0.05) is 12.2 Å². The van der Waals surface area contributed by atoms with Crippen molar-refractivity contribution >= 4 is 11.2 Å². The van der Waals surface area contributed by atoms with Crippen LogP contribution in [0, 0.1) is 5.82 Å². The second kappa shape index (κ2) is 7.96. The van der Waals surface area contributed by atoms with E-state index in [0.717, 1.165) is 12.8 Å². The van der Waals surface area contributed by atoms with E-state index in [9.17, 15) is 14.0 Å². The minimum absolute atomic E-state index is 0.130. The molecule has 1 atom stereocenters. The molecule has 0 aliphatic carbocycles. The quantitative estimate of drug-likeness (QED) is 0.498. The number of halogens is 1. The van der Waals surface area contributed by atoms with E-state index < -0.39 is 11.2 Å². The van der Waals surface area contributed by atoms with Crippen LogP contribution in [-0.4, -0.2) is 31.4 Å². The van der Waals surface area contributed by atoms with Crippen molar-refractivity contribution in [1.82, 2.24) is 18.7 Å². The summed E-state index contributed by atoms with van der Waals surface area (Å²) in [6, 6.07) is 15.5. The number of benzene rings is 2. The summed E-state index contributed by atoms with van der Waals surface area (Å²) in [6.07, 6.45) is 2.99. The van der Waals surface area contributed by atoms with Gasteiger partial charge in [0.05, 0.1) is 31.2 Å². The number of para-hydroxylation sites is 1. The van der Waals surface area contributed by atoms with Gasteiger partial charge in [0.25, 0.3) is 5.56 Å². The van der Waals surface area contributed by atoms with Crippen LogP contribution in [0.3, 0.4) is 0 Å². The number of fused-ring (bicyclic) bond motifs is 1. The molecule has 0 spiro atoms. The van der Waals surface area contributed by atoms with Crippen molar-refractivity contribution < 1.29 is 9.13 Å². The molecule has 0 radical (unpaired) electrons. The molecule has 2 aromatic carbocycles. The minimum Gasteiger partial charge on any atom is -0.376 e. The molecule has 1 aliphatic heterocycles. The van der Waals surface area contributed by atoms with Crippen LogP contribution in [0.15, 0.2) is 70.5 Å². The van der Waals surface area contributed by atoms with E-state index in [1.165, 1.54) is 21.5 Å². The summed E-state index contributed by atoms with van der Waals surface area (Å²) in [4.78, 5) is 31.2. The van der Waals surface area contributed by atoms with Gasteiger partial charge in [-0.25, -0.2) is 18.7 Å². The van der Waals surface area contributed by atoms with Crippen LogP contribution in [0.25, 0.3) is 16.9 Å². The van der Waals surface area contributed by atoms with Crippen molar-refractivity contribution in [2.24, 2.45) is 0 Å². The molecule has 31 heavy (non-hydrogen) atoms. The summed E-state index contributed by atoms with van der Waals surface area (Å²) in [6.45, 7) is 0.927. The van der Waals surface area contributed by atoms with Crippen LogP contribution >= 0.6 is 0 Å². The third-order valence-electron chi connectivity index (χ3n) is 5.62. The second-order valence-corrected chi connectivity index (χ2v) is 7.64. The van der Waals surface area contributed by atoms with Crippen LogP contribution < -0.4 is 11.2 Å². The molecular formula is C23H21FN4O3. The maximum Gasteiger partial charge on any atom is 0.337 e. The zero-order chi connectivity index (χ0) is 21.4. The molecule has 0 amide bonds. The Morgan fingerprint density at radius 1 is 1.06 bits per heavy atom. The van der Waals surface area contributed by atoms with Crippen molar-refractivity contribution in [3.05, 3.63) is 93.1 Å². The van der Waals surface area contributed by atoms with Crippen molar-refractivity contribution in [3.63, 3.8) is 0 Å². The highest BCUT2D eigenvalue weighted by Gasteiger charge is 2.23. The van der Waals surface area contributed by atoms with Gasteiger partial charge >= 0.3 is 5.69 Å². The molecule has 0 bridgehead atoms. The zero-order valence-electron chi connectivity index (χ0n) is 16.8. The first-order valence-electron chi connectivity index (χ1n) is 10.2. The lowest BCUT2D eigenvalue weighted by Gasteiger charge is -2.15. The van der Waals surface area contributed by atoms with Gasteiger partial charge in [-0.05, 0) is 31.0 Å². The van der Waals surface area contributed by atoms with Gasteiger partial charge in [0.15, 0.2) is 11.2 Å². The first-order chi connectivity index (χ1) is 15.1. The lowest BCUT2D eigenvalue weighted by Crippen LogP contribution is -2.42. The Kier molecular flexibility index (Phi) is 4.99. The molecular weight excluding hydrogens is 399 g/mol. The average Bonchev–Trinajstić information content (AvgIpc) is 3.44. The fourth-order valence-corrected chi connectivity index (χ4v) is 4.07. The lowest BCUT2D eigenvalue weighted by molar-refractivity contribution is 0.0950. The molecule has 1 saturated heterocycles. The van der Waals surface area contributed by atoms with Gasteiger partial charge in [-0.1, -0.05) is 36.4 Å². The molecule has 2 aromatic heterocycles. The maximum absolute atomic E-state index is 14.3. The molecule has 1 fully saturated rings. The molecule has 3 heterocycles. The van der Waals surface area contributed by atoms with Gasteiger partial charge in [-0.2, -0.15) is 0 Å². The Bertz CT molecular complexity index is 1350. The first-order valence-corrected chi connectivity index (χ1v) is 10.2. The number of aromatic nitrogens is 4. The van der Waals surface area contributed by atoms with Crippen molar-refractivity contribution in [3.8, 4) is 5.69 Å². The fraction of sp³-hybridized carbons (Fsp3) is 0.261. The van der Waals surface area contributed by atoms with Gasteiger partial charge < -0.3 is 9.30 Å². The molecule has 158 valence electrons. The molecule has 0 unspecified atom stereocenters. The summed E-state index contributed by atoms with van der Waals surface area (Å²) < 4.78 is 24.2. The normalized spacial score (nSPS) is 16.2. The highest BCUT2D eigenvalue weighted by Crippen LogP contribution is 2.17. The summed E-state index contributed by atoms with van der Waals surface area (Å²) >= 11 is 0. The molecule has 1 aliphatic rings. The van der Waals surface area contributed by atoms with Crippen LogP contribution in [0.2, 0.25) is 0 Å². The molecule has 0 saturated carbocycles. The van der Waals surface area contributed by atoms with E-state index in [0.29, 0.717) is 17.9 Å². The number of hydrogen-bond donors (Lipinski definition) is 0. The topological polar surface area (TPSA) is 71.0 Å². The van der Waals surface area contributed by atoms with Crippen LogP contribution in [0.1, 0.15) is 18.4 Å². The van der Waals surface area contributed by atoms with E-state index >= 15 is 0 Å². The zero-order valence-corrected chi connectivity index (χ0v) is 16.8. The number of nitrogens with zero attached hydrogens (tertiary/aromatic N) is 4. The first kappa shape index (κ1) is 19.4. The standard InChI is InChI=1S/C23H21FN4O3/c24-19-11-5-4-7-16(19)13-26-15-25-21-20(26)22(29)27(14-18-10-6-12-31-18)23(30)28(21)17-8-2-1-3-9-17/h1-5,7-9,11,15,18H,6,10,12-14H2/t18-/m1/s1. The molecule has 8 heteroatoms. The second-order valence-electron chi connectivity index (χ2n) is 7.64. The summed E-state index contributed by atoms with van der Waals surface area (Å²) in [5.74, 6) is -0.361. The highest BCUT2D eigenvalue weighted by molar-refractivity contribution is 5.72. The Labute approximate surface area is 177 Å². The fourth-order valence-electron chi connectivity index (χ4n) is 4.07. The largest absolute Gasteiger partial charge is 0.376 e. The van der Waals surface area contributed by atoms with Crippen LogP contribution in [0.4, 0.5) is 4.39 Å². The number of ether oxygens (including phenoxy) is 1. The van der Waals surface area contributed by atoms with Crippen molar-refractivity contribution in [2.45, 2.75) is 32.0 Å². The predicted octanol–water partition coefficient (Wildman–Crippen LogP) is 2.72. The van der Waals surface area contributed by atoms with E-state index in [4.69, 9.17) is 4.74 Å². The van der Waals surface area contributed by atoms with E-state index in [1.807, 2.05) is 18.2 Å². The Hall–Kier alpha value is -3.52. The third kappa shape index (κ3) is 3.48. The minimum atomic E-state index is -0.463. The predicted molar refractivity (Wildman–Crippen MR) is 114 cm³/mol. The Balaban J connectivity index is 1.73. The monoisotopic (exact) mass is 420 g/mol. The number of rotatable bonds is 5. The highest BCUT2D eigenvalue weighted by atomic mass is 19.1. The molecule has 4 aromatic rings. The van der Waals surface area contributed by atoms with Crippen LogP contribution in [-0.2, 0) is 17.8 Å². The van der Waals surface area contributed by atoms with E-state index in [2.05, 4.69) is 4.98 Å². The van der Waals surface area contributed by atoms with Gasteiger partial charge in [-0.3, -0.25) is 9.36 Å². The van der Waals surface area contributed by atoms with Gasteiger partial charge in [0.1, 0.15) is 5.82 Å². The average molecular weight is 420 g/mol. The number of hydrogen-bond acceptors (Lipinski definition) is 4. The van der Waals surface area contributed by atoms with Crippen LogP contribution in [0.5, 0.6) is 0 Å². The van der Waals surface area contributed by atoms with Gasteiger partial charge in [-0.15, -0.1) is 0 Å². The molecule has 7 nitrogen and oxygen atoms in total. The molecule has 0 N–H and O–H groups in total. The maximum atomic E-state index is 14.3. The summed E-state index contributed by atoms with van der Waals surface area (Å²) in [7, 11) is 0. The Morgan fingerprint density at radius 3 is 2.58 bits per heavy atom. The smallest absolute Gasteiger partial charge is 0.337 e. The lowest BCUT2D eigenvalue weighted by atomic mass is 10.2. The van der Waals surface area contributed by atoms with E-state index in [-0.39, 0.29) is 36.2 Å². The molecule has 5 rings (SSSR count). The van der Waals surface area contributed by atoms with Crippen molar-refractivity contribution in [2.75, 3.05) is 6.61 Å². The van der Waals surface area contributed by atoms with E-state index in [1.54, 1.807) is 34.9 Å². The third-order valence-corrected chi connectivity index (χ3v) is 5.62. The SMILES string of the molecule is O=c1c2c(ncn2Cc2ccccc2F)n(-c2ccccc2)c(=O)n1C[C@H]1CCCO1. The van der Waals surface area contributed by atoms with Gasteiger partial charge in [0.2, 0.25) is 0 Å². The number of imidazole rings is 1. The Morgan fingerprint density at radius 2 is 1.84 bits per heavy atom.